The molecule has 0 unspecified atom stereocenters. The van der Waals surface area contributed by atoms with Gasteiger partial charge in [-0.1, -0.05) is 54.6 Å². The number of hydrogen-bond donors (Lipinski definition) is 1. The SMILES string of the molecule is CSCC[C@H](NC(=O)c1ccc(COCc2ccc(-c3ccc(C(C)=O)cc3)o2)cc1-c1ccccc1C)C(=O)[O-]. The highest BCUT2D eigenvalue weighted by Crippen LogP contribution is 2.29. The van der Waals surface area contributed by atoms with E-state index in [-0.39, 0.29) is 25.4 Å². The number of benzene rings is 3. The van der Waals surface area contributed by atoms with Crippen LogP contribution in [0.5, 0.6) is 0 Å². The number of hydrogen-bond acceptors (Lipinski definition) is 7. The zero-order chi connectivity index (χ0) is 29.4. The fourth-order valence-electron chi connectivity index (χ4n) is 4.45. The monoisotopic (exact) mass is 570 g/mol. The van der Waals surface area contributed by atoms with Crippen LogP contribution >= 0.6 is 11.8 Å². The van der Waals surface area contributed by atoms with Crippen LogP contribution in [0.25, 0.3) is 22.5 Å². The molecule has 0 saturated heterocycles. The Morgan fingerprint density at radius 2 is 1.71 bits per heavy atom. The second kappa shape index (κ2) is 14.0. The van der Waals surface area contributed by atoms with Crippen LogP contribution in [0.3, 0.4) is 0 Å². The highest BCUT2D eigenvalue weighted by atomic mass is 32.2. The summed E-state index contributed by atoms with van der Waals surface area (Å²) in [5.41, 5.74) is 5.30. The van der Waals surface area contributed by atoms with Gasteiger partial charge < -0.3 is 24.4 Å². The van der Waals surface area contributed by atoms with Gasteiger partial charge in [-0.3, -0.25) is 9.59 Å². The van der Waals surface area contributed by atoms with Gasteiger partial charge in [0.25, 0.3) is 5.91 Å². The molecule has 0 spiro atoms. The van der Waals surface area contributed by atoms with Crippen LogP contribution in [0.15, 0.2) is 83.3 Å². The van der Waals surface area contributed by atoms with Gasteiger partial charge in [0.15, 0.2) is 5.78 Å². The Labute approximate surface area is 243 Å². The van der Waals surface area contributed by atoms with Crippen molar-refractivity contribution in [3.8, 4) is 22.5 Å². The highest BCUT2D eigenvalue weighted by Gasteiger charge is 2.19. The van der Waals surface area contributed by atoms with Crippen molar-refractivity contribution in [3.63, 3.8) is 0 Å². The smallest absolute Gasteiger partial charge is 0.252 e. The van der Waals surface area contributed by atoms with E-state index in [1.807, 2.05) is 67.8 Å². The minimum absolute atomic E-state index is 0.0113. The van der Waals surface area contributed by atoms with E-state index in [1.54, 1.807) is 24.3 Å². The van der Waals surface area contributed by atoms with Crippen LogP contribution < -0.4 is 10.4 Å². The van der Waals surface area contributed by atoms with E-state index in [4.69, 9.17) is 9.15 Å². The van der Waals surface area contributed by atoms with Crippen molar-refractivity contribution in [1.82, 2.24) is 5.32 Å². The highest BCUT2D eigenvalue weighted by molar-refractivity contribution is 7.98. The first-order valence-corrected chi connectivity index (χ1v) is 14.6. The third-order valence-corrected chi connectivity index (χ3v) is 7.36. The molecule has 3 aromatic carbocycles. The molecule has 4 aromatic rings. The molecular weight excluding hydrogens is 538 g/mol. The lowest BCUT2D eigenvalue weighted by molar-refractivity contribution is -0.308. The summed E-state index contributed by atoms with van der Waals surface area (Å²) in [4.78, 5) is 36.4. The first kappa shape index (κ1) is 29.8. The lowest BCUT2D eigenvalue weighted by Gasteiger charge is -2.21. The number of amides is 1. The molecule has 1 aromatic heterocycles. The van der Waals surface area contributed by atoms with Gasteiger partial charge in [0.2, 0.25) is 0 Å². The van der Waals surface area contributed by atoms with E-state index >= 15 is 0 Å². The van der Waals surface area contributed by atoms with Gasteiger partial charge in [-0.2, -0.15) is 11.8 Å². The van der Waals surface area contributed by atoms with Crippen molar-refractivity contribution in [2.24, 2.45) is 0 Å². The standard InChI is InChI=1S/C33H33NO6S/c1-21-6-4-5-7-27(21)29-18-23(8-14-28(29)32(36)34-30(33(37)38)16-17-41-3)19-39-20-26-13-15-31(40-26)25-11-9-24(10-12-25)22(2)35/h4-15,18,30H,16-17,19-20H2,1-3H3,(H,34,36)(H,37,38)/p-1/t30-/m0/s1. The molecule has 0 aliphatic rings. The Morgan fingerprint density at radius 1 is 0.951 bits per heavy atom. The predicted octanol–water partition coefficient (Wildman–Crippen LogP) is 5.44. The van der Waals surface area contributed by atoms with E-state index in [1.165, 1.54) is 18.7 Å². The zero-order valence-electron chi connectivity index (χ0n) is 23.3. The largest absolute Gasteiger partial charge is 0.548 e. The van der Waals surface area contributed by atoms with Crippen LogP contribution in [0.1, 0.15) is 50.9 Å². The first-order valence-electron chi connectivity index (χ1n) is 13.2. The third kappa shape index (κ3) is 7.74. The number of carbonyl (C=O) groups is 3. The number of ketones is 1. The second-order valence-corrected chi connectivity index (χ2v) is 10.7. The molecule has 8 heteroatoms. The zero-order valence-corrected chi connectivity index (χ0v) is 24.1. The number of carboxylic acids is 1. The number of thioether (sulfide) groups is 1. The van der Waals surface area contributed by atoms with Crippen LogP contribution in [0.2, 0.25) is 0 Å². The molecule has 1 amide bonds. The van der Waals surface area contributed by atoms with Crippen LogP contribution in [-0.4, -0.2) is 35.7 Å². The molecule has 41 heavy (non-hydrogen) atoms. The number of rotatable bonds is 13. The molecule has 212 valence electrons. The van der Waals surface area contributed by atoms with E-state index < -0.39 is 17.9 Å². The van der Waals surface area contributed by atoms with E-state index in [0.717, 1.165) is 22.3 Å². The van der Waals surface area contributed by atoms with Crippen molar-refractivity contribution in [3.05, 3.63) is 107 Å². The number of aliphatic carboxylic acids is 1. The summed E-state index contributed by atoms with van der Waals surface area (Å²) >= 11 is 1.51. The molecule has 7 nitrogen and oxygen atoms in total. The summed E-state index contributed by atoms with van der Waals surface area (Å²) < 4.78 is 11.9. The summed E-state index contributed by atoms with van der Waals surface area (Å²) in [6.07, 6.45) is 2.16. The first-order chi connectivity index (χ1) is 19.8. The molecule has 4 rings (SSSR count). The summed E-state index contributed by atoms with van der Waals surface area (Å²) in [6.45, 7) is 4.02. The molecule has 0 fully saturated rings. The number of aryl methyl sites for hydroxylation is 1. The topological polar surface area (TPSA) is 109 Å². The molecule has 0 aliphatic carbocycles. The van der Waals surface area contributed by atoms with Crippen molar-refractivity contribution in [2.75, 3.05) is 12.0 Å². The maximum Gasteiger partial charge on any atom is 0.252 e. The van der Waals surface area contributed by atoms with Crippen LogP contribution in [0, 0.1) is 6.92 Å². The third-order valence-electron chi connectivity index (χ3n) is 6.71. The van der Waals surface area contributed by atoms with Gasteiger partial charge in [-0.15, -0.1) is 0 Å². The van der Waals surface area contributed by atoms with Crippen molar-refractivity contribution in [2.45, 2.75) is 39.5 Å². The molecule has 1 heterocycles. The maximum absolute atomic E-state index is 13.2. The molecule has 0 aliphatic heterocycles. The van der Waals surface area contributed by atoms with Crippen molar-refractivity contribution < 1.29 is 28.6 Å². The molecule has 1 N–H and O–H groups in total. The Balaban J connectivity index is 1.49. The van der Waals surface area contributed by atoms with Gasteiger partial charge >= 0.3 is 0 Å². The van der Waals surface area contributed by atoms with Crippen LogP contribution in [-0.2, 0) is 22.7 Å². The van der Waals surface area contributed by atoms with Gasteiger partial charge in [0, 0.05) is 16.7 Å². The van der Waals surface area contributed by atoms with E-state index in [2.05, 4.69) is 5.32 Å². The number of Topliss-reactive ketones (excluding diaryl/α,β-unsaturated/α-hetero) is 1. The van der Waals surface area contributed by atoms with Gasteiger partial charge in [-0.05, 0) is 78.8 Å². The van der Waals surface area contributed by atoms with Gasteiger partial charge in [-0.25, -0.2) is 0 Å². The number of carbonyl (C=O) groups excluding carboxylic acids is 3. The summed E-state index contributed by atoms with van der Waals surface area (Å²) in [7, 11) is 0. The Bertz CT molecular complexity index is 1520. The molecule has 1 atom stereocenters. The van der Waals surface area contributed by atoms with Crippen LogP contribution in [0.4, 0.5) is 0 Å². The average molecular weight is 571 g/mol. The minimum atomic E-state index is -1.30. The Hall–Kier alpha value is -4.14. The van der Waals surface area contributed by atoms with Crippen molar-refractivity contribution in [1.29, 1.82) is 0 Å². The molecule has 0 saturated carbocycles. The normalized spacial score (nSPS) is 11.7. The summed E-state index contributed by atoms with van der Waals surface area (Å²) in [6, 6.07) is 23.0. The molecular formula is C33H32NO6S-. The number of furan rings is 1. The maximum atomic E-state index is 13.2. The fraction of sp³-hybridized carbons (Fsp3) is 0.242. The molecule has 0 radical (unpaired) electrons. The number of nitrogens with one attached hydrogen (secondary N) is 1. The van der Waals surface area contributed by atoms with Gasteiger partial charge in [0.1, 0.15) is 18.1 Å². The minimum Gasteiger partial charge on any atom is -0.548 e. The molecule has 0 bridgehead atoms. The van der Waals surface area contributed by atoms with Gasteiger partial charge in [0.05, 0.1) is 18.6 Å². The quantitative estimate of drug-likeness (QED) is 0.213. The predicted molar refractivity (Wildman–Crippen MR) is 159 cm³/mol. The van der Waals surface area contributed by atoms with E-state index in [9.17, 15) is 19.5 Å². The summed E-state index contributed by atoms with van der Waals surface area (Å²) in [5, 5.41) is 14.2. The Kier molecular flexibility index (Phi) is 10.2. The summed E-state index contributed by atoms with van der Waals surface area (Å²) in [5.74, 6) is 0.169. The Morgan fingerprint density at radius 3 is 2.39 bits per heavy atom. The lowest BCUT2D eigenvalue weighted by atomic mass is 9.93. The number of carboxylic acid groups (broad SMARTS) is 1. The number of ether oxygens (including phenoxy) is 1. The second-order valence-electron chi connectivity index (χ2n) is 9.71. The van der Waals surface area contributed by atoms with Crippen molar-refractivity contribution >= 4 is 29.4 Å². The fourth-order valence-corrected chi connectivity index (χ4v) is 4.92. The average Bonchev–Trinajstić information content (AvgIpc) is 3.44. The van der Waals surface area contributed by atoms with E-state index in [0.29, 0.717) is 34.0 Å². The lowest BCUT2D eigenvalue weighted by Crippen LogP contribution is -2.48.